The Morgan fingerprint density at radius 3 is 2.86 bits per heavy atom. The van der Waals surface area contributed by atoms with Crippen LogP contribution in [-0.2, 0) is 11.3 Å². The Morgan fingerprint density at radius 1 is 1.41 bits per heavy atom. The second kappa shape index (κ2) is 9.06. The molecule has 0 aromatic heterocycles. The zero-order valence-electron chi connectivity index (χ0n) is 13.2. The van der Waals surface area contributed by atoms with Crippen LogP contribution in [0.3, 0.4) is 0 Å². The van der Waals surface area contributed by atoms with Gasteiger partial charge in [-0.25, -0.2) is 0 Å². The van der Waals surface area contributed by atoms with Crippen molar-refractivity contribution in [1.82, 2.24) is 5.32 Å². The lowest BCUT2D eigenvalue weighted by Crippen LogP contribution is -2.40. The van der Waals surface area contributed by atoms with Crippen LogP contribution in [0.15, 0.2) is 24.3 Å². The average molecular weight is 322 g/mol. The van der Waals surface area contributed by atoms with Gasteiger partial charge >= 0.3 is 0 Å². The zero-order chi connectivity index (χ0) is 15.8. The predicted octanol–water partition coefficient (Wildman–Crippen LogP) is 2.70. The van der Waals surface area contributed by atoms with Gasteiger partial charge in [0.1, 0.15) is 5.75 Å². The minimum Gasteiger partial charge on any atom is -0.490 e. The minimum atomic E-state index is -0.435. The molecule has 0 saturated heterocycles. The summed E-state index contributed by atoms with van der Waals surface area (Å²) in [5.41, 5.74) is 6.89. The Morgan fingerprint density at radius 2 is 2.14 bits per heavy atom. The quantitative estimate of drug-likeness (QED) is 0.772. The molecule has 1 aromatic rings. The Labute approximate surface area is 137 Å². The van der Waals surface area contributed by atoms with Crippen LogP contribution in [0.4, 0.5) is 0 Å². The van der Waals surface area contributed by atoms with Gasteiger partial charge in [-0.05, 0) is 50.2 Å². The second-order valence-electron chi connectivity index (χ2n) is 5.74. The Kier molecular flexibility index (Phi) is 7.06. The summed E-state index contributed by atoms with van der Waals surface area (Å²) in [4.78, 5) is 12.0. The Hall–Kier alpha value is -1.20. The number of hydrogen-bond acceptors (Lipinski definition) is 4. The van der Waals surface area contributed by atoms with E-state index in [-0.39, 0.29) is 5.91 Å². The monoisotopic (exact) mass is 322 g/mol. The van der Waals surface area contributed by atoms with Gasteiger partial charge in [-0.3, -0.25) is 4.79 Å². The number of amides is 1. The average Bonchev–Trinajstić information content (AvgIpc) is 3.04. The van der Waals surface area contributed by atoms with Crippen molar-refractivity contribution in [3.63, 3.8) is 0 Å². The maximum Gasteiger partial charge on any atom is 0.237 e. The van der Waals surface area contributed by atoms with E-state index >= 15 is 0 Å². The van der Waals surface area contributed by atoms with Crippen molar-refractivity contribution in [3.8, 4) is 5.75 Å². The van der Waals surface area contributed by atoms with Gasteiger partial charge in [-0.2, -0.15) is 11.8 Å². The summed E-state index contributed by atoms with van der Waals surface area (Å²) in [7, 11) is 0. The normalized spacial score (nSPS) is 16.5. The number of ether oxygens (including phenoxy) is 1. The molecule has 4 nitrogen and oxygen atoms in total. The van der Waals surface area contributed by atoms with Crippen LogP contribution >= 0.6 is 11.8 Å². The molecule has 1 saturated carbocycles. The van der Waals surface area contributed by atoms with E-state index in [4.69, 9.17) is 10.5 Å². The summed E-state index contributed by atoms with van der Waals surface area (Å²) in [6.45, 7) is 0.467. The number of hydrogen-bond donors (Lipinski definition) is 2. The van der Waals surface area contributed by atoms with Crippen molar-refractivity contribution in [1.29, 1.82) is 0 Å². The first kappa shape index (κ1) is 17.2. The van der Waals surface area contributed by atoms with Gasteiger partial charge in [-0.1, -0.05) is 18.2 Å². The fraction of sp³-hybridized carbons (Fsp3) is 0.588. The molecule has 0 spiro atoms. The molecule has 1 aliphatic rings. The minimum absolute atomic E-state index is 0.0929. The van der Waals surface area contributed by atoms with Gasteiger partial charge in [0.05, 0.1) is 12.1 Å². The molecule has 0 aliphatic heterocycles. The molecule has 1 aliphatic carbocycles. The van der Waals surface area contributed by atoms with Crippen molar-refractivity contribution < 1.29 is 9.53 Å². The van der Waals surface area contributed by atoms with E-state index in [1.807, 2.05) is 30.5 Å². The first-order valence-electron chi connectivity index (χ1n) is 7.97. The van der Waals surface area contributed by atoms with Crippen molar-refractivity contribution in [2.24, 2.45) is 5.73 Å². The highest BCUT2D eigenvalue weighted by molar-refractivity contribution is 7.98. The number of para-hydroxylation sites is 1. The van der Waals surface area contributed by atoms with Gasteiger partial charge in [-0.15, -0.1) is 0 Å². The molecular formula is C17H26N2O2S. The number of thioether (sulfide) groups is 1. The molecule has 1 atom stereocenters. The van der Waals surface area contributed by atoms with E-state index in [0.717, 1.165) is 29.9 Å². The van der Waals surface area contributed by atoms with Gasteiger partial charge in [0, 0.05) is 12.1 Å². The third-order valence-electron chi connectivity index (χ3n) is 3.99. The SMILES string of the molecule is CSCC[C@H](N)C(=O)NCc1ccccc1OC1CCCC1. The molecule has 0 heterocycles. The van der Waals surface area contributed by atoms with Crippen molar-refractivity contribution in [2.75, 3.05) is 12.0 Å². The summed E-state index contributed by atoms with van der Waals surface area (Å²) < 4.78 is 6.08. The van der Waals surface area contributed by atoms with E-state index in [9.17, 15) is 4.79 Å². The molecule has 2 rings (SSSR count). The maximum absolute atomic E-state index is 12.0. The van der Waals surface area contributed by atoms with Gasteiger partial charge < -0.3 is 15.8 Å². The summed E-state index contributed by atoms with van der Waals surface area (Å²) in [5.74, 6) is 1.69. The predicted molar refractivity (Wildman–Crippen MR) is 92.1 cm³/mol. The number of carbonyl (C=O) groups is 1. The molecule has 0 unspecified atom stereocenters. The highest BCUT2D eigenvalue weighted by atomic mass is 32.2. The van der Waals surface area contributed by atoms with Crippen molar-refractivity contribution >= 4 is 17.7 Å². The lowest BCUT2D eigenvalue weighted by atomic mass is 10.1. The van der Waals surface area contributed by atoms with Crippen LogP contribution in [0.25, 0.3) is 0 Å². The van der Waals surface area contributed by atoms with E-state index in [1.54, 1.807) is 11.8 Å². The Balaban J connectivity index is 1.87. The first-order chi connectivity index (χ1) is 10.7. The molecule has 0 bridgehead atoms. The van der Waals surface area contributed by atoms with Gasteiger partial charge in [0.2, 0.25) is 5.91 Å². The number of rotatable bonds is 8. The second-order valence-corrected chi connectivity index (χ2v) is 6.72. The fourth-order valence-corrected chi connectivity index (χ4v) is 3.13. The molecule has 0 radical (unpaired) electrons. The van der Waals surface area contributed by atoms with Crippen molar-refractivity contribution in [3.05, 3.63) is 29.8 Å². The number of nitrogens with two attached hydrogens (primary N) is 1. The molecule has 1 fully saturated rings. The summed E-state index contributed by atoms with van der Waals surface area (Å²) >= 11 is 1.70. The highest BCUT2D eigenvalue weighted by Crippen LogP contribution is 2.26. The largest absolute Gasteiger partial charge is 0.490 e. The van der Waals surface area contributed by atoms with Gasteiger partial charge in [0.25, 0.3) is 0 Å². The first-order valence-corrected chi connectivity index (χ1v) is 9.37. The van der Waals surface area contributed by atoms with E-state index < -0.39 is 6.04 Å². The molecule has 122 valence electrons. The lowest BCUT2D eigenvalue weighted by Gasteiger charge is -2.17. The maximum atomic E-state index is 12.0. The van der Waals surface area contributed by atoms with Crippen LogP contribution < -0.4 is 15.8 Å². The van der Waals surface area contributed by atoms with Crippen LogP contribution in [0.5, 0.6) is 5.75 Å². The van der Waals surface area contributed by atoms with E-state index in [1.165, 1.54) is 12.8 Å². The summed E-state index contributed by atoms with van der Waals surface area (Å²) in [6, 6.07) is 7.48. The number of nitrogens with one attached hydrogen (secondary N) is 1. The summed E-state index contributed by atoms with van der Waals surface area (Å²) in [6.07, 6.45) is 7.78. The third-order valence-corrected chi connectivity index (χ3v) is 4.64. The molecule has 1 aromatic carbocycles. The molecule has 3 N–H and O–H groups in total. The number of benzene rings is 1. The van der Waals surface area contributed by atoms with E-state index in [2.05, 4.69) is 5.32 Å². The van der Waals surface area contributed by atoms with Crippen LogP contribution in [-0.4, -0.2) is 30.1 Å². The standard InChI is InChI=1S/C17H26N2O2S/c1-22-11-10-15(18)17(20)19-12-13-6-2-5-9-16(13)21-14-7-3-4-8-14/h2,5-6,9,14-15H,3-4,7-8,10-12,18H2,1H3,(H,19,20)/t15-/m0/s1. The highest BCUT2D eigenvalue weighted by Gasteiger charge is 2.18. The van der Waals surface area contributed by atoms with Crippen molar-refractivity contribution in [2.45, 2.75) is 50.8 Å². The lowest BCUT2D eigenvalue weighted by molar-refractivity contribution is -0.122. The molecule has 5 heteroatoms. The Bertz CT molecular complexity index is 475. The molecular weight excluding hydrogens is 296 g/mol. The van der Waals surface area contributed by atoms with Crippen LogP contribution in [0, 0.1) is 0 Å². The van der Waals surface area contributed by atoms with E-state index in [0.29, 0.717) is 19.1 Å². The van der Waals surface area contributed by atoms with Crippen LogP contribution in [0.2, 0.25) is 0 Å². The van der Waals surface area contributed by atoms with Gasteiger partial charge in [0.15, 0.2) is 0 Å². The molecule has 22 heavy (non-hydrogen) atoms. The van der Waals surface area contributed by atoms with Crippen LogP contribution in [0.1, 0.15) is 37.7 Å². The summed E-state index contributed by atoms with van der Waals surface area (Å²) in [5, 5.41) is 2.92. The third kappa shape index (κ3) is 5.21. The number of carbonyl (C=O) groups excluding carboxylic acids is 1. The molecule has 1 amide bonds. The topological polar surface area (TPSA) is 64.4 Å². The fourth-order valence-electron chi connectivity index (χ4n) is 2.64. The zero-order valence-corrected chi connectivity index (χ0v) is 14.0. The smallest absolute Gasteiger partial charge is 0.237 e.